The maximum atomic E-state index is 12.6. The van der Waals surface area contributed by atoms with Crippen molar-refractivity contribution in [2.24, 2.45) is 0 Å². The van der Waals surface area contributed by atoms with E-state index in [1.165, 1.54) is 5.56 Å². The zero-order valence-corrected chi connectivity index (χ0v) is 11.0. The van der Waals surface area contributed by atoms with Crippen molar-refractivity contribution in [1.29, 1.82) is 0 Å². The SMILES string of the molecule is Cc1cccc(C(=O)C2CCCc3cccnc32)n1. The van der Waals surface area contributed by atoms with Crippen LogP contribution in [0.25, 0.3) is 0 Å². The minimum atomic E-state index is -0.126. The normalized spacial score (nSPS) is 17.8. The van der Waals surface area contributed by atoms with E-state index in [1.54, 1.807) is 12.3 Å². The van der Waals surface area contributed by atoms with E-state index in [0.29, 0.717) is 5.69 Å². The maximum absolute atomic E-state index is 12.6. The van der Waals surface area contributed by atoms with Gasteiger partial charge < -0.3 is 0 Å². The van der Waals surface area contributed by atoms with E-state index in [1.807, 2.05) is 25.1 Å². The molecule has 1 atom stereocenters. The number of pyridine rings is 2. The molecule has 0 bridgehead atoms. The van der Waals surface area contributed by atoms with Gasteiger partial charge in [0.2, 0.25) is 0 Å². The summed E-state index contributed by atoms with van der Waals surface area (Å²) in [6, 6.07) is 9.61. The highest BCUT2D eigenvalue weighted by atomic mass is 16.1. The van der Waals surface area contributed by atoms with Gasteiger partial charge >= 0.3 is 0 Å². The molecule has 1 unspecified atom stereocenters. The molecule has 3 heteroatoms. The highest BCUT2D eigenvalue weighted by Gasteiger charge is 2.28. The molecule has 2 aromatic heterocycles. The van der Waals surface area contributed by atoms with Crippen LogP contribution in [0, 0.1) is 6.92 Å². The molecule has 96 valence electrons. The van der Waals surface area contributed by atoms with Crippen LogP contribution in [0.15, 0.2) is 36.5 Å². The standard InChI is InChI=1S/C16H16N2O/c1-11-5-2-9-14(18-11)16(19)13-8-3-6-12-7-4-10-17-15(12)13/h2,4-5,7,9-10,13H,3,6,8H2,1H3. The molecular formula is C16H16N2O. The van der Waals surface area contributed by atoms with Crippen LogP contribution in [0.2, 0.25) is 0 Å². The van der Waals surface area contributed by atoms with Crippen molar-refractivity contribution in [3.63, 3.8) is 0 Å². The van der Waals surface area contributed by atoms with Gasteiger partial charge in [-0.2, -0.15) is 0 Å². The lowest BCUT2D eigenvalue weighted by molar-refractivity contribution is 0.0944. The van der Waals surface area contributed by atoms with Crippen LogP contribution in [0.4, 0.5) is 0 Å². The number of hydrogen-bond acceptors (Lipinski definition) is 3. The molecule has 0 N–H and O–H groups in total. The molecule has 2 aromatic rings. The number of carbonyl (C=O) groups is 1. The zero-order valence-electron chi connectivity index (χ0n) is 11.0. The maximum Gasteiger partial charge on any atom is 0.190 e. The van der Waals surface area contributed by atoms with Crippen molar-refractivity contribution in [2.45, 2.75) is 32.1 Å². The number of hydrogen-bond donors (Lipinski definition) is 0. The van der Waals surface area contributed by atoms with Crippen molar-refractivity contribution in [1.82, 2.24) is 9.97 Å². The summed E-state index contributed by atoms with van der Waals surface area (Å²) < 4.78 is 0. The highest BCUT2D eigenvalue weighted by Crippen LogP contribution is 2.32. The first-order valence-electron chi connectivity index (χ1n) is 6.67. The first-order chi connectivity index (χ1) is 9.25. The molecule has 0 aliphatic heterocycles. The fourth-order valence-corrected chi connectivity index (χ4v) is 2.72. The van der Waals surface area contributed by atoms with Gasteiger partial charge in [0.1, 0.15) is 5.69 Å². The Morgan fingerprint density at radius 2 is 2.16 bits per heavy atom. The van der Waals surface area contributed by atoms with E-state index in [9.17, 15) is 4.79 Å². The second-order valence-electron chi connectivity index (χ2n) is 5.02. The molecule has 2 heterocycles. The molecule has 3 rings (SSSR count). The fraction of sp³-hybridized carbons (Fsp3) is 0.312. The summed E-state index contributed by atoms with van der Waals surface area (Å²) in [5.74, 6) is -0.0254. The molecule has 0 saturated carbocycles. The van der Waals surface area contributed by atoms with Gasteiger partial charge in [0.05, 0.1) is 11.6 Å². The lowest BCUT2D eigenvalue weighted by atomic mass is 9.83. The van der Waals surface area contributed by atoms with Crippen LogP contribution in [0.3, 0.4) is 0 Å². The van der Waals surface area contributed by atoms with Gasteiger partial charge in [0, 0.05) is 11.9 Å². The number of Topliss-reactive ketones (excluding diaryl/α,β-unsaturated/α-hetero) is 1. The van der Waals surface area contributed by atoms with E-state index < -0.39 is 0 Å². The van der Waals surface area contributed by atoms with Crippen molar-refractivity contribution in [2.75, 3.05) is 0 Å². The van der Waals surface area contributed by atoms with Crippen LogP contribution in [0.5, 0.6) is 0 Å². The van der Waals surface area contributed by atoms with Gasteiger partial charge in [-0.3, -0.25) is 14.8 Å². The van der Waals surface area contributed by atoms with E-state index in [0.717, 1.165) is 30.7 Å². The molecule has 0 radical (unpaired) electrons. The Balaban J connectivity index is 1.98. The molecule has 1 aliphatic carbocycles. The summed E-state index contributed by atoms with van der Waals surface area (Å²) in [5.41, 5.74) is 3.59. The number of aromatic nitrogens is 2. The Hall–Kier alpha value is -2.03. The summed E-state index contributed by atoms with van der Waals surface area (Å²) in [6.07, 6.45) is 4.71. The summed E-state index contributed by atoms with van der Waals surface area (Å²) >= 11 is 0. The summed E-state index contributed by atoms with van der Waals surface area (Å²) in [6.45, 7) is 1.91. The van der Waals surface area contributed by atoms with Crippen molar-refractivity contribution >= 4 is 5.78 Å². The van der Waals surface area contributed by atoms with Crippen molar-refractivity contribution in [3.05, 3.63) is 59.2 Å². The number of rotatable bonds is 2. The Morgan fingerprint density at radius 3 is 3.00 bits per heavy atom. The average Bonchev–Trinajstić information content (AvgIpc) is 2.46. The third-order valence-electron chi connectivity index (χ3n) is 3.65. The Morgan fingerprint density at radius 1 is 1.26 bits per heavy atom. The molecule has 0 fully saturated rings. The van der Waals surface area contributed by atoms with E-state index in [2.05, 4.69) is 16.0 Å². The van der Waals surface area contributed by atoms with Gasteiger partial charge in [-0.1, -0.05) is 12.1 Å². The second kappa shape index (κ2) is 4.92. The van der Waals surface area contributed by atoms with Crippen molar-refractivity contribution in [3.8, 4) is 0 Å². The number of ketones is 1. The summed E-state index contributed by atoms with van der Waals surface area (Å²) in [5, 5.41) is 0. The molecule has 0 aromatic carbocycles. The smallest absolute Gasteiger partial charge is 0.190 e. The lowest BCUT2D eigenvalue weighted by Gasteiger charge is -2.22. The third kappa shape index (κ3) is 2.28. The molecule has 0 spiro atoms. The quantitative estimate of drug-likeness (QED) is 0.771. The first-order valence-corrected chi connectivity index (χ1v) is 6.67. The molecule has 19 heavy (non-hydrogen) atoms. The number of nitrogens with zero attached hydrogens (tertiary/aromatic N) is 2. The number of aryl methyl sites for hydroxylation is 2. The Bertz CT molecular complexity index is 622. The van der Waals surface area contributed by atoms with Gasteiger partial charge in [0.25, 0.3) is 0 Å². The van der Waals surface area contributed by atoms with Crippen LogP contribution in [0.1, 0.15) is 46.2 Å². The van der Waals surface area contributed by atoms with E-state index in [4.69, 9.17) is 0 Å². The minimum absolute atomic E-state index is 0.100. The first kappa shape index (κ1) is 12.0. The monoisotopic (exact) mass is 252 g/mol. The van der Waals surface area contributed by atoms with Gasteiger partial charge in [-0.15, -0.1) is 0 Å². The van der Waals surface area contributed by atoms with Crippen LogP contribution < -0.4 is 0 Å². The van der Waals surface area contributed by atoms with Crippen LogP contribution in [-0.4, -0.2) is 15.8 Å². The van der Waals surface area contributed by atoms with Gasteiger partial charge in [-0.25, -0.2) is 0 Å². The van der Waals surface area contributed by atoms with Crippen LogP contribution in [-0.2, 0) is 6.42 Å². The highest BCUT2D eigenvalue weighted by molar-refractivity contribution is 5.99. The fourth-order valence-electron chi connectivity index (χ4n) is 2.72. The predicted octanol–water partition coefficient (Wildman–Crippen LogP) is 3.09. The predicted molar refractivity (Wildman–Crippen MR) is 73.2 cm³/mol. The van der Waals surface area contributed by atoms with Crippen LogP contribution >= 0.6 is 0 Å². The molecule has 0 saturated heterocycles. The zero-order chi connectivity index (χ0) is 13.2. The van der Waals surface area contributed by atoms with E-state index in [-0.39, 0.29) is 11.7 Å². The van der Waals surface area contributed by atoms with Gasteiger partial charge in [-0.05, 0) is 49.9 Å². The molecule has 3 nitrogen and oxygen atoms in total. The van der Waals surface area contributed by atoms with Crippen molar-refractivity contribution < 1.29 is 4.79 Å². The number of carbonyl (C=O) groups excluding carboxylic acids is 1. The third-order valence-corrected chi connectivity index (χ3v) is 3.65. The summed E-state index contributed by atoms with van der Waals surface area (Å²) in [7, 11) is 0. The Kier molecular flexibility index (Phi) is 3.11. The molecule has 1 aliphatic rings. The minimum Gasteiger partial charge on any atom is -0.292 e. The second-order valence-corrected chi connectivity index (χ2v) is 5.02. The molecule has 0 amide bonds. The lowest BCUT2D eigenvalue weighted by Crippen LogP contribution is -2.21. The number of fused-ring (bicyclic) bond motifs is 1. The Labute approximate surface area is 112 Å². The topological polar surface area (TPSA) is 42.9 Å². The average molecular weight is 252 g/mol. The largest absolute Gasteiger partial charge is 0.292 e. The summed E-state index contributed by atoms with van der Waals surface area (Å²) in [4.78, 5) is 21.4. The molecular weight excluding hydrogens is 236 g/mol. The van der Waals surface area contributed by atoms with E-state index >= 15 is 0 Å². The van der Waals surface area contributed by atoms with Gasteiger partial charge in [0.15, 0.2) is 5.78 Å².